The van der Waals surface area contributed by atoms with Gasteiger partial charge in [-0.2, -0.15) is 0 Å². The SMILES string of the molecule is Cc1cnc(OC2CCN(Cc3ccncc3Cl)CC2)nc1. The fourth-order valence-electron chi connectivity index (χ4n) is 2.55. The summed E-state index contributed by atoms with van der Waals surface area (Å²) in [5, 5.41) is 0.730. The van der Waals surface area contributed by atoms with E-state index in [2.05, 4.69) is 19.9 Å². The molecule has 5 nitrogen and oxygen atoms in total. The summed E-state index contributed by atoms with van der Waals surface area (Å²) in [5.74, 6) is 0. The van der Waals surface area contributed by atoms with Crippen molar-refractivity contribution in [1.29, 1.82) is 0 Å². The zero-order valence-corrected chi connectivity index (χ0v) is 13.3. The molecule has 6 heteroatoms. The summed E-state index contributed by atoms with van der Waals surface area (Å²) >= 11 is 6.16. The Morgan fingerprint density at radius 2 is 1.95 bits per heavy atom. The highest BCUT2D eigenvalue weighted by Crippen LogP contribution is 2.20. The number of ether oxygens (including phenoxy) is 1. The molecule has 0 radical (unpaired) electrons. The fraction of sp³-hybridized carbons (Fsp3) is 0.438. The smallest absolute Gasteiger partial charge is 0.316 e. The Morgan fingerprint density at radius 3 is 2.64 bits per heavy atom. The van der Waals surface area contributed by atoms with Gasteiger partial charge in [-0.05, 0) is 37.0 Å². The summed E-state index contributed by atoms with van der Waals surface area (Å²) in [7, 11) is 0. The van der Waals surface area contributed by atoms with E-state index >= 15 is 0 Å². The zero-order valence-electron chi connectivity index (χ0n) is 12.6. The molecule has 0 bridgehead atoms. The molecule has 1 saturated heterocycles. The van der Waals surface area contributed by atoms with Crippen LogP contribution >= 0.6 is 11.6 Å². The molecule has 116 valence electrons. The van der Waals surface area contributed by atoms with Gasteiger partial charge < -0.3 is 4.74 Å². The van der Waals surface area contributed by atoms with Gasteiger partial charge in [-0.1, -0.05) is 11.6 Å². The Labute approximate surface area is 135 Å². The molecule has 2 aromatic rings. The molecule has 22 heavy (non-hydrogen) atoms. The van der Waals surface area contributed by atoms with Crippen molar-refractivity contribution < 1.29 is 4.74 Å². The standard InChI is InChI=1S/C16H19ClN4O/c1-12-8-19-16(20-9-12)22-14-3-6-21(7-4-14)11-13-2-5-18-10-15(13)17/h2,5,8-10,14H,3-4,6-7,11H2,1H3. The van der Waals surface area contributed by atoms with Gasteiger partial charge in [0.25, 0.3) is 0 Å². The van der Waals surface area contributed by atoms with Gasteiger partial charge in [0.2, 0.25) is 0 Å². The minimum absolute atomic E-state index is 0.187. The fourth-order valence-corrected chi connectivity index (χ4v) is 2.73. The summed E-state index contributed by atoms with van der Waals surface area (Å²) in [6.07, 6.45) is 9.17. The number of aromatic nitrogens is 3. The number of piperidine rings is 1. The Hall–Kier alpha value is -1.72. The van der Waals surface area contributed by atoms with Gasteiger partial charge in [0.15, 0.2) is 0 Å². The molecule has 0 atom stereocenters. The van der Waals surface area contributed by atoms with Crippen LogP contribution in [0.1, 0.15) is 24.0 Å². The number of hydrogen-bond donors (Lipinski definition) is 0. The van der Waals surface area contributed by atoms with E-state index in [-0.39, 0.29) is 6.10 Å². The molecule has 1 aliphatic heterocycles. The van der Waals surface area contributed by atoms with Crippen LogP contribution in [0, 0.1) is 6.92 Å². The van der Waals surface area contributed by atoms with Crippen LogP contribution in [0.5, 0.6) is 6.01 Å². The Balaban J connectivity index is 1.50. The van der Waals surface area contributed by atoms with E-state index in [1.807, 2.05) is 13.0 Å². The van der Waals surface area contributed by atoms with Crippen LogP contribution in [0.4, 0.5) is 0 Å². The second-order valence-corrected chi connectivity index (χ2v) is 6.01. The van der Waals surface area contributed by atoms with Crippen LogP contribution in [-0.2, 0) is 6.54 Å². The van der Waals surface area contributed by atoms with E-state index in [1.54, 1.807) is 24.8 Å². The third kappa shape index (κ3) is 3.93. The lowest BCUT2D eigenvalue weighted by molar-refractivity contribution is 0.0892. The minimum atomic E-state index is 0.187. The Kier molecular flexibility index (Phi) is 4.85. The normalized spacial score (nSPS) is 16.6. The number of hydrogen-bond acceptors (Lipinski definition) is 5. The molecule has 0 saturated carbocycles. The number of pyridine rings is 1. The summed E-state index contributed by atoms with van der Waals surface area (Å²) in [6.45, 7) is 4.78. The lowest BCUT2D eigenvalue weighted by atomic mass is 10.1. The first-order chi connectivity index (χ1) is 10.7. The topological polar surface area (TPSA) is 51.1 Å². The van der Waals surface area contributed by atoms with Gasteiger partial charge in [-0.25, -0.2) is 9.97 Å². The molecule has 3 rings (SSSR count). The maximum Gasteiger partial charge on any atom is 0.316 e. The molecule has 1 fully saturated rings. The maximum atomic E-state index is 6.16. The predicted octanol–water partition coefficient (Wildman–Crippen LogP) is 2.88. The number of aryl methyl sites for hydroxylation is 1. The van der Waals surface area contributed by atoms with Crippen molar-refractivity contribution in [1.82, 2.24) is 19.9 Å². The Bertz CT molecular complexity index is 612. The van der Waals surface area contributed by atoms with Crippen LogP contribution in [-0.4, -0.2) is 39.0 Å². The summed E-state index contributed by atoms with van der Waals surface area (Å²) < 4.78 is 5.85. The second kappa shape index (κ2) is 7.03. The molecule has 0 amide bonds. The highest BCUT2D eigenvalue weighted by atomic mass is 35.5. The summed E-state index contributed by atoms with van der Waals surface area (Å²) in [5.41, 5.74) is 2.16. The first-order valence-electron chi connectivity index (χ1n) is 7.47. The van der Waals surface area contributed by atoms with Crippen LogP contribution in [0.3, 0.4) is 0 Å². The molecular formula is C16H19ClN4O. The lowest BCUT2D eigenvalue weighted by Crippen LogP contribution is -2.38. The number of halogens is 1. The summed E-state index contributed by atoms with van der Waals surface area (Å²) in [6, 6.07) is 2.45. The second-order valence-electron chi connectivity index (χ2n) is 5.60. The first-order valence-corrected chi connectivity index (χ1v) is 7.84. The van der Waals surface area contributed by atoms with E-state index < -0.39 is 0 Å². The zero-order chi connectivity index (χ0) is 15.4. The third-order valence-corrected chi connectivity index (χ3v) is 4.15. The minimum Gasteiger partial charge on any atom is -0.460 e. The van der Waals surface area contributed by atoms with Crippen LogP contribution in [0.15, 0.2) is 30.9 Å². The molecule has 0 spiro atoms. The van der Waals surface area contributed by atoms with Gasteiger partial charge in [0, 0.05) is 44.4 Å². The van der Waals surface area contributed by atoms with Crippen molar-refractivity contribution in [2.45, 2.75) is 32.4 Å². The van der Waals surface area contributed by atoms with Gasteiger partial charge >= 0.3 is 6.01 Å². The largest absolute Gasteiger partial charge is 0.460 e. The summed E-state index contributed by atoms with van der Waals surface area (Å²) in [4.78, 5) is 14.8. The van der Waals surface area contributed by atoms with Crippen molar-refractivity contribution in [3.8, 4) is 6.01 Å². The quantitative estimate of drug-likeness (QED) is 0.867. The Morgan fingerprint density at radius 1 is 1.23 bits per heavy atom. The molecule has 0 unspecified atom stereocenters. The highest BCUT2D eigenvalue weighted by Gasteiger charge is 2.21. The number of likely N-dealkylation sites (tertiary alicyclic amines) is 1. The molecule has 2 aromatic heterocycles. The average molecular weight is 319 g/mol. The number of rotatable bonds is 4. The van der Waals surface area contributed by atoms with E-state index in [4.69, 9.17) is 16.3 Å². The highest BCUT2D eigenvalue weighted by molar-refractivity contribution is 6.31. The lowest BCUT2D eigenvalue weighted by Gasteiger charge is -2.31. The molecule has 0 aliphatic carbocycles. The first kappa shape index (κ1) is 15.2. The third-order valence-electron chi connectivity index (χ3n) is 3.81. The van der Waals surface area contributed by atoms with Crippen molar-refractivity contribution in [2.75, 3.05) is 13.1 Å². The van der Waals surface area contributed by atoms with Crippen LogP contribution in [0.2, 0.25) is 5.02 Å². The van der Waals surface area contributed by atoms with Gasteiger partial charge in [0.1, 0.15) is 6.10 Å². The molecule has 0 N–H and O–H groups in total. The van der Waals surface area contributed by atoms with E-state index in [0.717, 1.165) is 48.6 Å². The van der Waals surface area contributed by atoms with E-state index in [1.165, 1.54) is 0 Å². The molecule has 0 aromatic carbocycles. The predicted molar refractivity (Wildman–Crippen MR) is 84.9 cm³/mol. The van der Waals surface area contributed by atoms with Crippen molar-refractivity contribution in [2.24, 2.45) is 0 Å². The van der Waals surface area contributed by atoms with Crippen LogP contribution in [0.25, 0.3) is 0 Å². The van der Waals surface area contributed by atoms with Gasteiger partial charge in [-0.15, -0.1) is 0 Å². The van der Waals surface area contributed by atoms with Crippen LogP contribution < -0.4 is 4.74 Å². The van der Waals surface area contributed by atoms with E-state index in [9.17, 15) is 0 Å². The monoisotopic (exact) mass is 318 g/mol. The molecule has 1 aliphatic rings. The van der Waals surface area contributed by atoms with Crippen molar-refractivity contribution in [3.63, 3.8) is 0 Å². The molecule has 3 heterocycles. The number of nitrogens with zero attached hydrogens (tertiary/aromatic N) is 4. The average Bonchev–Trinajstić information content (AvgIpc) is 2.54. The van der Waals surface area contributed by atoms with Gasteiger partial charge in [-0.3, -0.25) is 9.88 Å². The van der Waals surface area contributed by atoms with Gasteiger partial charge in [0.05, 0.1) is 5.02 Å². The van der Waals surface area contributed by atoms with Crippen molar-refractivity contribution >= 4 is 11.6 Å². The van der Waals surface area contributed by atoms with E-state index in [0.29, 0.717) is 6.01 Å². The molecular weight excluding hydrogens is 300 g/mol. The maximum absolute atomic E-state index is 6.16. The van der Waals surface area contributed by atoms with Crippen molar-refractivity contribution in [3.05, 3.63) is 47.0 Å².